The molecule has 0 aliphatic carbocycles. The summed E-state index contributed by atoms with van der Waals surface area (Å²) in [4.78, 5) is 25.2. The van der Waals surface area contributed by atoms with E-state index in [1.165, 1.54) is 11.0 Å². The van der Waals surface area contributed by atoms with Gasteiger partial charge in [0.25, 0.3) is 5.69 Å². The van der Waals surface area contributed by atoms with Gasteiger partial charge in [0.05, 0.1) is 4.92 Å². The van der Waals surface area contributed by atoms with Crippen molar-refractivity contribution >= 4 is 23.4 Å². The van der Waals surface area contributed by atoms with Crippen LogP contribution in [-0.2, 0) is 6.54 Å². The number of piperazine rings is 1. The minimum Gasteiger partial charge on any atom is -0.465 e. The maximum Gasteiger partial charge on any atom is 0.407 e. The number of benzene rings is 1. The zero-order valence-corrected chi connectivity index (χ0v) is 13.2. The van der Waals surface area contributed by atoms with Gasteiger partial charge in [-0.3, -0.25) is 15.0 Å². The molecular formula is C14H18ClN3O4. The van der Waals surface area contributed by atoms with E-state index >= 15 is 0 Å². The van der Waals surface area contributed by atoms with Crippen LogP contribution in [-0.4, -0.2) is 51.6 Å². The van der Waals surface area contributed by atoms with Crippen molar-refractivity contribution in [1.29, 1.82) is 0 Å². The van der Waals surface area contributed by atoms with Crippen molar-refractivity contribution in [3.63, 3.8) is 0 Å². The van der Waals surface area contributed by atoms with Gasteiger partial charge in [0.2, 0.25) is 0 Å². The van der Waals surface area contributed by atoms with Crippen molar-refractivity contribution in [3.8, 4) is 0 Å². The molecule has 0 unspecified atom stereocenters. The smallest absolute Gasteiger partial charge is 0.407 e. The Labute approximate surface area is 133 Å². The largest absolute Gasteiger partial charge is 0.465 e. The lowest BCUT2D eigenvalue weighted by Gasteiger charge is -2.38. The fourth-order valence-electron chi connectivity index (χ4n) is 2.78. The SMILES string of the molecule is Cc1c(CN2CCN(C(=O)O)[C@@H](C)C2)cc(Cl)cc1[N+](=O)[O-]. The summed E-state index contributed by atoms with van der Waals surface area (Å²) in [5.41, 5.74) is 1.41. The lowest BCUT2D eigenvalue weighted by atomic mass is 10.1. The highest BCUT2D eigenvalue weighted by molar-refractivity contribution is 6.30. The van der Waals surface area contributed by atoms with E-state index in [-0.39, 0.29) is 11.7 Å². The maximum absolute atomic E-state index is 11.1. The second-order valence-corrected chi connectivity index (χ2v) is 5.96. The summed E-state index contributed by atoms with van der Waals surface area (Å²) in [5.74, 6) is 0. The van der Waals surface area contributed by atoms with Gasteiger partial charge in [-0.05, 0) is 25.5 Å². The number of nitro groups is 1. The Morgan fingerprint density at radius 1 is 1.50 bits per heavy atom. The Morgan fingerprint density at radius 2 is 2.18 bits per heavy atom. The van der Waals surface area contributed by atoms with Gasteiger partial charge in [0.1, 0.15) is 0 Å². The third kappa shape index (κ3) is 3.48. The molecule has 0 bridgehead atoms. The van der Waals surface area contributed by atoms with E-state index in [2.05, 4.69) is 4.90 Å². The third-order valence-corrected chi connectivity index (χ3v) is 4.22. The first-order valence-electron chi connectivity index (χ1n) is 6.95. The predicted octanol–water partition coefficient (Wildman–Crippen LogP) is 2.74. The van der Waals surface area contributed by atoms with Crippen LogP contribution in [0.1, 0.15) is 18.1 Å². The first-order chi connectivity index (χ1) is 10.3. The molecule has 2 rings (SSSR count). The van der Waals surface area contributed by atoms with Crippen LogP contribution >= 0.6 is 11.6 Å². The number of hydrogen-bond acceptors (Lipinski definition) is 4. The highest BCUT2D eigenvalue weighted by Gasteiger charge is 2.27. The van der Waals surface area contributed by atoms with Crippen LogP contribution in [0.5, 0.6) is 0 Å². The van der Waals surface area contributed by atoms with Crippen LogP contribution in [0.2, 0.25) is 5.02 Å². The Morgan fingerprint density at radius 3 is 2.73 bits per heavy atom. The van der Waals surface area contributed by atoms with Gasteiger partial charge in [-0.2, -0.15) is 0 Å². The third-order valence-electron chi connectivity index (χ3n) is 4.00. The lowest BCUT2D eigenvalue weighted by molar-refractivity contribution is -0.385. The van der Waals surface area contributed by atoms with Gasteiger partial charge < -0.3 is 10.0 Å². The van der Waals surface area contributed by atoms with Gasteiger partial charge in [-0.25, -0.2) is 4.79 Å². The Kier molecular flexibility index (Phi) is 4.87. The van der Waals surface area contributed by atoms with Crippen LogP contribution < -0.4 is 0 Å². The summed E-state index contributed by atoms with van der Waals surface area (Å²) in [7, 11) is 0. The highest BCUT2D eigenvalue weighted by Crippen LogP contribution is 2.28. The summed E-state index contributed by atoms with van der Waals surface area (Å²) >= 11 is 5.97. The molecule has 0 aromatic heterocycles. The van der Waals surface area contributed by atoms with E-state index in [4.69, 9.17) is 16.7 Å². The minimum absolute atomic E-state index is 0.0136. The Hall–Kier alpha value is -1.86. The number of rotatable bonds is 3. The van der Waals surface area contributed by atoms with Crippen molar-refractivity contribution in [2.45, 2.75) is 26.4 Å². The average molecular weight is 328 g/mol. The molecule has 1 aromatic rings. The van der Waals surface area contributed by atoms with E-state index in [9.17, 15) is 14.9 Å². The van der Waals surface area contributed by atoms with Crippen molar-refractivity contribution in [2.75, 3.05) is 19.6 Å². The van der Waals surface area contributed by atoms with Crippen molar-refractivity contribution in [3.05, 3.63) is 38.4 Å². The average Bonchev–Trinajstić information content (AvgIpc) is 2.41. The molecule has 120 valence electrons. The second kappa shape index (κ2) is 6.50. The normalized spacial score (nSPS) is 19.2. The molecule has 22 heavy (non-hydrogen) atoms. The predicted molar refractivity (Wildman–Crippen MR) is 82.3 cm³/mol. The molecule has 1 atom stereocenters. The summed E-state index contributed by atoms with van der Waals surface area (Å²) < 4.78 is 0. The zero-order chi connectivity index (χ0) is 16.4. The molecule has 1 aliphatic rings. The number of amides is 1. The topological polar surface area (TPSA) is 86.9 Å². The quantitative estimate of drug-likeness (QED) is 0.681. The number of nitrogens with zero attached hydrogens (tertiary/aromatic N) is 3. The van der Waals surface area contributed by atoms with Crippen molar-refractivity contribution < 1.29 is 14.8 Å². The number of carbonyl (C=O) groups is 1. The fraction of sp³-hybridized carbons (Fsp3) is 0.500. The van der Waals surface area contributed by atoms with E-state index in [1.807, 2.05) is 6.92 Å². The second-order valence-electron chi connectivity index (χ2n) is 5.53. The highest BCUT2D eigenvalue weighted by atomic mass is 35.5. The van der Waals surface area contributed by atoms with Crippen LogP contribution in [0.3, 0.4) is 0 Å². The maximum atomic E-state index is 11.1. The van der Waals surface area contributed by atoms with Gasteiger partial charge in [0, 0.05) is 48.9 Å². The summed E-state index contributed by atoms with van der Waals surface area (Å²) in [6.07, 6.45) is -0.915. The summed E-state index contributed by atoms with van der Waals surface area (Å²) in [6, 6.07) is 2.98. The Balaban J connectivity index is 2.15. The molecule has 0 spiro atoms. The molecule has 0 saturated carbocycles. The Bertz CT molecular complexity index is 608. The molecular weight excluding hydrogens is 310 g/mol. The molecule has 1 aliphatic heterocycles. The lowest BCUT2D eigenvalue weighted by Crippen LogP contribution is -2.53. The molecule has 1 fully saturated rings. The van der Waals surface area contributed by atoms with E-state index in [1.54, 1.807) is 13.0 Å². The molecule has 1 aromatic carbocycles. The molecule has 1 saturated heterocycles. The molecule has 1 N–H and O–H groups in total. The molecule has 1 amide bonds. The molecule has 8 heteroatoms. The van der Waals surface area contributed by atoms with Crippen LogP contribution in [0, 0.1) is 17.0 Å². The van der Waals surface area contributed by atoms with E-state index < -0.39 is 11.0 Å². The van der Waals surface area contributed by atoms with Gasteiger partial charge in [0.15, 0.2) is 0 Å². The van der Waals surface area contributed by atoms with Crippen LogP contribution in [0.4, 0.5) is 10.5 Å². The van der Waals surface area contributed by atoms with E-state index in [0.29, 0.717) is 36.8 Å². The molecule has 7 nitrogen and oxygen atoms in total. The van der Waals surface area contributed by atoms with Gasteiger partial charge in [-0.15, -0.1) is 0 Å². The number of carboxylic acid groups (broad SMARTS) is 1. The number of hydrogen-bond donors (Lipinski definition) is 1. The van der Waals surface area contributed by atoms with Crippen LogP contribution in [0.15, 0.2) is 12.1 Å². The van der Waals surface area contributed by atoms with Gasteiger partial charge >= 0.3 is 6.09 Å². The van der Waals surface area contributed by atoms with E-state index in [0.717, 1.165) is 5.56 Å². The first-order valence-corrected chi connectivity index (χ1v) is 7.32. The monoisotopic (exact) mass is 327 g/mol. The first kappa shape index (κ1) is 16.5. The van der Waals surface area contributed by atoms with Crippen molar-refractivity contribution in [2.24, 2.45) is 0 Å². The number of nitro benzene ring substituents is 1. The number of halogens is 1. The standard InChI is InChI=1S/C14H18ClN3O4/c1-9-7-16(3-4-17(9)14(19)20)8-11-5-12(15)6-13(10(11)2)18(21)22/h5-6,9H,3-4,7-8H2,1-2H3,(H,19,20)/t9-/m0/s1. The zero-order valence-electron chi connectivity index (χ0n) is 12.5. The molecule has 1 heterocycles. The minimum atomic E-state index is -0.915. The summed E-state index contributed by atoms with van der Waals surface area (Å²) in [5, 5.41) is 20.5. The van der Waals surface area contributed by atoms with Crippen LogP contribution in [0.25, 0.3) is 0 Å². The van der Waals surface area contributed by atoms with Crippen molar-refractivity contribution in [1.82, 2.24) is 9.80 Å². The van der Waals surface area contributed by atoms with Gasteiger partial charge in [-0.1, -0.05) is 11.6 Å². The molecule has 0 radical (unpaired) electrons. The summed E-state index contributed by atoms with van der Waals surface area (Å²) in [6.45, 7) is 5.69. The fourth-order valence-corrected chi connectivity index (χ4v) is 3.01.